The standard InChI is InChI=1S/C29H33FN2O2/c1-20(2)31-29(34)27(17-23-10-6-5-7-11-23)32(19-25-12-8-9-13-26(25)30)28(33)18-24-15-14-21(3)22(4)16-24/h5-16,20,27H,17-19H2,1-4H3,(H,31,34)/t27-/m1/s1. The van der Waals surface area contributed by atoms with Crippen LogP contribution < -0.4 is 5.32 Å². The van der Waals surface area contributed by atoms with Crippen molar-refractivity contribution in [1.29, 1.82) is 0 Å². The summed E-state index contributed by atoms with van der Waals surface area (Å²) in [5.41, 5.74) is 4.44. The van der Waals surface area contributed by atoms with Crippen LogP contribution in [0.15, 0.2) is 72.8 Å². The molecule has 5 heteroatoms. The van der Waals surface area contributed by atoms with Crippen molar-refractivity contribution in [3.05, 3.63) is 106 Å². The number of carbonyl (C=O) groups excluding carboxylic acids is 2. The molecule has 3 rings (SSSR count). The van der Waals surface area contributed by atoms with Gasteiger partial charge in [-0.05, 0) is 56.0 Å². The molecule has 1 N–H and O–H groups in total. The highest BCUT2D eigenvalue weighted by atomic mass is 19.1. The van der Waals surface area contributed by atoms with Crippen molar-refractivity contribution in [3.63, 3.8) is 0 Å². The molecular weight excluding hydrogens is 427 g/mol. The van der Waals surface area contributed by atoms with E-state index in [9.17, 15) is 14.0 Å². The van der Waals surface area contributed by atoms with E-state index in [4.69, 9.17) is 0 Å². The molecule has 0 aromatic heterocycles. The summed E-state index contributed by atoms with van der Waals surface area (Å²) in [6, 6.07) is 21.0. The van der Waals surface area contributed by atoms with Gasteiger partial charge in [0.2, 0.25) is 11.8 Å². The smallest absolute Gasteiger partial charge is 0.243 e. The third-order valence-corrected chi connectivity index (χ3v) is 5.93. The first-order valence-corrected chi connectivity index (χ1v) is 11.7. The highest BCUT2D eigenvalue weighted by Crippen LogP contribution is 2.19. The van der Waals surface area contributed by atoms with Crippen LogP contribution in [0.25, 0.3) is 0 Å². The average Bonchev–Trinajstić information content (AvgIpc) is 2.80. The number of nitrogens with zero attached hydrogens (tertiary/aromatic N) is 1. The molecule has 0 aliphatic carbocycles. The summed E-state index contributed by atoms with van der Waals surface area (Å²) < 4.78 is 14.6. The summed E-state index contributed by atoms with van der Waals surface area (Å²) in [6.07, 6.45) is 0.475. The number of aryl methyl sites for hydroxylation is 2. The topological polar surface area (TPSA) is 49.4 Å². The van der Waals surface area contributed by atoms with Crippen LogP contribution in [0, 0.1) is 19.7 Å². The fourth-order valence-corrected chi connectivity index (χ4v) is 3.93. The zero-order chi connectivity index (χ0) is 24.7. The van der Waals surface area contributed by atoms with Crippen molar-refractivity contribution in [2.24, 2.45) is 0 Å². The van der Waals surface area contributed by atoms with Gasteiger partial charge in [-0.15, -0.1) is 0 Å². The molecule has 0 saturated carbocycles. The number of rotatable bonds is 9. The van der Waals surface area contributed by atoms with Crippen molar-refractivity contribution < 1.29 is 14.0 Å². The minimum Gasteiger partial charge on any atom is -0.352 e. The summed E-state index contributed by atoms with van der Waals surface area (Å²) in [5, 5.41) is 2.95. The second kappa shape index (κ2) is 11.6. The third-order valence-electron chi connectivity index (χ3n) is 5.93. The lowest BCUT2D eigenvalue weighted by molar-refractivity contribution is -0.141. The molecule has 178 valence electrons. The van der Waals surface area contributed by atoms with E-state index in [1.54, 1.807) is 18.2 Å². The Morgan fingerprint density at radius 3 is 2.21 bits per heavy atom. The van der Waals surface area contributed by atoms with E-state index < -0.39 is 11.9 Å². The predicted molar refractivity (Wildman–Crippen MR) is 134 cm³/mol. The fourth-order valence-electron chi connectivity index (χ4n) is 3.93. The maximum Gasteiger partial charge on any atom is 0.243 e. The minimum absolute atomic E-state index is 0.0133. The van der Waals surface area contributed by atoms with Crippen molar-refractivity contribution in [2.45, 2.75) is 59.2 Å². The normalized spacial score (nSPS) is 11.8. The molecule has 0 heterocycles. The summed E-state index contributed by atoms with van der Waals surface area (Å²) in [7, 11) is 0. The van der Waals surface area contributed by atoms with Crippen LogP contribution in [0.5, 0.6) is 0 Å². The molecule has 3 aromatic carbocycles. The summed E-state index contributed by atoms with van der Waals surface area (Å²) in [5.74, 6) is -0.857. The maximum absolute atomic E-state index is 14.6. The number of hydrogen-bond acceptors (Lipinski definition) is 2. The summed E-state index contributed by atoms with van der Waals surface area (Å²) in [4.78, 5) is 28.5. The van der Waals surface area contributed by atoms with Gasteiger partial charge in [0.15, 0.2) is 0 Å². The number of carbonyl (C=O) groups is 2. The molecule has 0 aliphatic rings. The molecule has 4 nitrogen and oxygen atoms in total. The second-order valence-electron chi connectivity index (χ2n) is 9.08. The van der Waals surface area contributed by atoms with Crippen LogP contribution in [-0.4, -0.2) is 28.8 Å². The van der Waals surface area contributed by atoms with Crippen molar-refractivity contribution >= 4 is 11.8 Å². The van der Waals surface area contributed by atoms with E-state index >= 15 is 0 Å². The van der Waals surface area contributed by atoms with E-state index in [-0.39, 0.29) is 30.8 Å². The van der Waals surface area contributed by atoms with Crippen molar-refractivity contribution in [1.82, 2.24) is 10.2 Å². The first-order valence-electron chi connectivity index (χ1n) is 11.7. The third kappa shape index (κ3) is 6.77. The molecule has 3 aromatic rings. The molecule has 0 unspecified atom stereocenters. The van der Waals surface area contributed by atoms with Gasteiger partial charge in [-0.25, -0.2) is 4.39 Å². The van der Waals surface area contributed by atoms with Gasteiger partial charge in [0.25, 0.3) is 0 Å². The van der Waals surface area contributed by atoms with Gasteiger partial charge in [0, 0.05) is 24.6 Å². The lowest BCUT2D eigenvalue weighted by Gasteiger charge is -2.32. The van der Waals surface area contributed by atoms with Crippen LogP contribution in [0.4, 0.5) is 4.39 Å². The first-order chi connectivity index (χ1) is 16.2. The van der Waals surface area contributed by atoms with Gasteiger partial charge in [0.1, 0.15) is 11.9 Å². The van der Waals surface area contributed by atoms with E-state index in [1.807, 2.05) is 76.2 Å². The average molecular weight is 461 g/mol. The molecule has 0 radical (unpaired) electrons. The van der Waals surface area contributed by atoms with Crippen LogP contribution in [-0.2, 0) is 29.0 Å². The van der Waals surface area contributed by atoms with E-state index in [0.29, 0.717) is 12.0 Å². The van der Waals surface area contributed by atoms with Crippen molar-refractivity contribution in [3.8, 4) is 0 Å². The molecular formula is C29H33FN2O2. The van der Waals surface area contributed by atoms with E-state index in [2.05, 4.69) is 5.32 Å². The number of amides is 2. The summed E-state index contributed by atoms with van der Waals surface area (Å²) >= 11 is 0. The van der Waals surface area contributed by atoms with Crippen LogP contribution in [0.2, 0.25) is 0 Å². The van der Waals surface area contributed by atoms with Gasteiger partial charge in [-0.2, -0.15) is 0 Å². The number of halogens is 1. The van der Waals surface area contributed by atoms with E-state index in [0.717, 1.165) is 22.3 Å². The number of nitrogens with one attached hydrogen (secondary N) is 1. The highest BCUT2D eigenvalue weighted by molar-refractivity contribution is 5.89. The lowest BCUT2D eigenvalue weighted by Crippen LogP contribution is -2.52. The quantitative estimate of drug-likeness (QED) is 0.480. The molecule has 0 aliphatic heterocycles. The Morgan fingerprint density at radius 2 is 1.56 bits per heavy atom. The predicted octanol–water partition coefficient (Wildman–Crippen LogP) is 5.15. The molecule has 1 atom stereocenters. The Hall–Kier alpha value is -3.47. The van der Waals surface area contributed by atoms with Gasteiger partial charge >= 0.3 is 0 Å². The Bertz CT molecular complexity index is 1130. The number of benzene rings is 3. The zero-order valence-corrected chi connectivity index (χ0v) is 20.3. The van der Waals surface area contributed by atoms with Crippen LogP contribution in [0.3, 0.4) is 0 Å². The van der Waals surface area contributed by atoms with Crippen molar-refractivity contribution in [2.75, 3.05) is 0 Å². The number of hydrogen-bond donors (Lipinski definition) is 1. The molecule has 0 fully saturated rings. The zero-order valence-electron chi connectivity index (χ0n) is 20.3. The van der Waals surface area contributed by atoms with Gasteiger partial charge in [-0.3, -0.25) is 9.59 Å². The van der Waals surface area contributed by atoms with E-state index in [1.165, 1.54) is 11.0 Å². The SMILES string of the molecule is Cc1ccc(CC(=O)N(Cc2ccccc2F)[C@H](Cc2ccccc2)C(=O)NC(C)C)cc1C. The maximum atomic E-state index is 14.6. The summed E-state index contributed by atoms with van der Waals surface area (Å²) in [6.45, 7) is 7.82. The Morgan fingerprint density at radius 1 is 0.882 bits per heavy atom. The van der Waals surface area contributed by atoms with Gasteiger partial charge in [-0.1, -0.05) is 66.7 Å². The molecule has 34 heavy (non-hydrogen) atoms. The minimum atomic E-state index is -0.775. The van der Waals surface area contributed by atoms with Gasteiger partial charge in [0.05, 0.1) is 6.42 Å². The molecule has 0 saturated heterocycles. The molecule has 0 bridgehead atoms. The first kappa shape index (κ1) is 25.2. The monoisotopic (exact) mass is 460 g/mol. The molecule has 2 amide bonds. The molecule has 0 spiro atoms. The van der Waals surface area contributed by atoms with Gasteiger partial charge < -0.3 is 10.2 Å². The lowest BCUT2D eigenvalue weighted by atomic mass is 10.00. The Kier molecular flexibility index (Phi) is 8.58. The largest absolute Gasteiger partial charge is 0.352 e. The Balaban J connectivity index is 1.99. The van der Waals surface area contributed by atoms with Crippen LogP contribution in [0.1, 0.15) is 41.7 Å². The second-order valence-corrected chi connectivity index (χ2v) is 9.08. The highest BCUT2D eigenvalue weighted by Gasteiger charge is 2.31. The Labute approximate surface area is 201 Å². The fraction of sp³-hybridized carbons (Fsp3) is 0.310. The van der Waals surface area contributed by atoms with Crippen LogP contribution >= 0.6 is 0 Å².